The number of imidazole rings is 1. The van der Waals surface area contributed by atoms with Gasteiger partial charge in [0.2, 0.25) is 11.8 Å². The number of hydrogen-bond acceptors (Lipinski definition) is 4. The van der Waals surface area contributed by atoms with Crippen molar-refractivity contribution in [3.05, 3.63) is 41.6 Å². The van der Waals surface area contributed by atoms with Crippen molar-refractivity contribution in [3.63, 3.8) is 0 Å². The van der Waals surface area contributed by atoms with Crippen LogP contribution < -0.4 is 10.1 Å². The minimum atomic E-state index is -0.00547. The molecule has 0 fully saturated rings. The van der Waals surface area contributed by atoms with Gasteiger partial charge in [0, 0.05) is 36.3 Å². The molecular formula is C17H22N4O2. The summed E-state index contributed by atoms with van der Waals surface area (Å²) in [5.74, 6) is 0.654. The number of nitrogens with zero attached hydrogens (tertiary/aromatic N) is 2. The lowest BCUT2D eigenvalue weighted by atomic mass is 9.89. The fraction of sp³-hybridized carbons (Fsp3) is 0.471. The monoisotopic (exact) mass is 314 g/mol. The van der Waals surface area contributed by atoms with E-state index in [-0.39, 0.29) is 17.9 Å². The Kier molecular flexibility index (Phi) is 4.60. The van der Waals surface area contributed by atoms with Crippen LogP contribution >= 0.6 is 0 Å². The lowest BCUT2D eigenvalue weighted by molar-refractivity contribution is -0.125. The molecule has 0 aliphatic heterocycles. The van der Waals surface area contributed by atoms with Crippen LogP contribution in [0.5, 0.6) is 5.88 Å². The van der Waals surface area contributed by atoms with Crippen LogP contribution in [0, 0.1) is 5.92 Å². The third-order valence-electron chi connectivity index (χ3n) is 4.01. The number of aromatic amines is 1. The van der Waals surface area contributed by atoms with Crippen molar-refractivity contribution >= 4 is 5.91 Å². The zero-order valence-corrected chi connectivity index (χ0v) is 13.5. The third kappa shape index (κ3) is 3.70. The van der Waals surface area contributed by atoms with Crippen molar-refractivity contribution < 1.29 is 9.53 Å². The zero-order chi connectivity index (χ0) is 16.2. The summed E-state index contributed by atoms with van der Waals surface area (Å²) in [6.07, 6.45) is 5.87. The number of pyridine rings is 1. The van der Waals surface area contributed by atoms with E-state index in [0.717, 1.165) is 36.2 Å². The fourth-order valence-electron chi connectivity index (χ4n) is 2.84. The average molecular weight is 314 g/mol. The van der Waals surface area contributed by atoms with E-state index >= 15 is 0 Å². The lowest BCUT2D eigenvalue weighted by Gasteiger charge is -2.21. The van der Waals surface area contributed by atoms with Gasteiger partial charge in [0.1, 0.15) is 0 Å². The van der Waals surface area contributed by atoms with E-state index in [1.807, 2.05) is 26.0 Å². The first-order chi connectivity index (χ1) is 11.1. The van der Waals surface area contributed by atoms with Gasteiger partial charge < -0.3 is 15.0 Å². The van der Waals surface area contributed by atoms with Crippen molar-refractivity contribution in [2.45, 2.75) is 45.8 Å². The lowest BCUT2D eigenvalue weighted by Crippen LogP contribution is -2.34. The second kappa shape index (κ2) is 6.81. The maximum Gasteiger partial charge on any atom is 0.223 e. The molecule has 6 heteroatoms. The SMILES string of the molecule is CC(C)Oc1ncccc1CNC(=O)C1CCc2nc[nH]c2C1. The number of rotatable bonds is 5. The Labute approximate surface area is 135 Å². The molecule has 3 rings (SSSR count). The minimum Gasteiger partial charge on any atom is -0.475 e. The van der Waals surface area contributed by atoms with Crippen molar-refractivity contribution in [2.75, 3.05) is 0 Å². The fourth-order valence-corrected chi connectivity index (χ4v) is 2.84. The van der Waals surface area contributed by atoms with E-state index < -0.39 is 0 Å². The smallest absolute Gasteiger partial charge is 0.223 e. The minimum absolute atomic E-state index is 0.00547. The van der Waals surface area contributed by atoms with E-state index in [9.17, 15) is 4.79 Å². The molecule has 0 bridgehead atoms. The van der Waals surface area contributed by atoms with Gasteiger partial charge >= 0.3 is 0 Å². The first-order valence-corrected chi connectivity index (χ1v) is 8.03. The van der Waals surface area contributed by atoms with E-state index in [1.54, 1.807) is 12.5 Å². The number of carbonyl (C=O) groups excluding carboxylic acids is 1. The molecule has 0 saturated carbocycles. The molecule has 0 spiro atoms. The van der Waals surface area contributed by atoms with Crippen molar-refractivity contribution in [1.29, 1.82) is 0 Å². The number of H-pyrrole nitrogens is 1. The second-order valence-electron chi connectivity index (χ2n) is 6.12. The number of amides is 1. The van der Waals surface area contributed by atoms with Gasteiger partial charge in [0.15, 0.2) is 0 Å². The summed E-state index contributed by atoms with van der Waals surface area (Å²) < 4.78 is 5.68. The van der Waals surface area contributed by atoms with Gasteiger partial charge in [0.25, 0.3) is 0 Å². The molecule has 1 amide bonds. The van der Waals surface area contributed by atoms with Crippen LogP contribution in [0.4, 0.5) is 0 Å². The molecule has 122 valence electrons. The molecule has 2 N–H and O–H groups in total. The number of nitrogens with one attached hydrogen (secondary N) is 2. The Morgan fingerprint density at radius 2 is 2.35 bits per heavy atom. The van der Waals surface area contributed by atoms with Crippen LogP contribution in [0.3, 0.4) is 0 Å². The topological polar surface area (TPSA) is 79.9 Å². The van der Waals surface area contributed by atoms with Gasteiger partial charge in [-0.3, -0.25) is 4.79 Å². The number of ether oxygens (including phenoxy) is 1. The molecule has 1 aliphatic rings. The molecule has 1 atom stereocenters. The number of aromatic nitrogens is 3. The average Bonchev–Trinajstić information content (AvgIpc) is 3.00. The second-order valence-corrected chi connectivity index (χ2v) is 6.12. The number of aryl methyl sites for hydroxylation is 1. The van der Waals surface area contributed by atoms with Gasteiger partial charge in [-0.1, -0.05) is 6.07 Å². The Hall–Kier alpha value is -2.37. The molecule has 2 aromatic rings. The predicted molar refractivity (Wildman–Crippen MR) is 86.0 cm³/mol. The van der Waals surface area contributed by atoms with Crippen LogP contribution in [-0.2, 0) is 24.2 Å². The van der Waals surface area contributed by atoms with Crippen LogP contribution in [-0.4, -0.2) is 27.0 Å². The van der Waals surface area contributed by atoms with Crippen LogP contribution in [0.25, 0.3) is 0 Å². The molecule has 1 aliphatic carbocycles. The highest BCUT2D eigenvalue weighted by molar-refractivity contribution is 5.79. The van der Waals surface area contributed by atoms with Gasteiger partial charge in [-0.2, -0.15) is 0 Å². The molecule has 23 heavy (non-hydrogen) atoms. The van der Waals surface area contributed by atoms with E-state index in [1.165, 1.54) is 0 Å². The quantitative estimate of drug-likeness (QED) is 0.885. The Morgan fingerprint density at radius 1 is 1.48 bits per heavy atom. The largest absolute Gasteiger partial charge is 0.475 e. The van der Waals surface area contributed by atoms with Gasteiger partial charge in [-0.15, -0.1) is 0 Å². The normalized spacial score (nSPS) is 16.9. The number of carbonyl (C=O) groups is 1. The summed E-state index contributed by atoms with van der Waals surface area (Å²) in [7, 11) is 0. The Balaban J connectivity index is 1.60. The van der Waals surface area contributed by atoms with E-state index in [4.69, 9.17) is 4.74 Å². The molecule has 6 nitrogen and oxygen atoms in total. The maximum absolute atomic E-state index is 12.4. The van der Waals surface area contributed by atoms with Crippen LogP contribution in [0.1, 0.15) is 37.2 Å². The highest BCUT2D eigenvalue weighted by atomic mass is 16.5. The summed E-state index contributed by atoms with van der Waals surface area (Å²) >= 11 is 0. The predicted octanol–water partition coefficient (Wildman–Crippen LogP) is 2.01. The molecule has 0 saturated heterocycles. The molecule has 0 aromatic carbocycles. The van der Waals surface area contributed by atoms with E-state index in [2.05, 4.69) is 20.3 Å². The Bertz CT molecular complexity index is 681. The summed E-state index contributed by atoms with van der Waals surface area (Å²) in [5.41, 5.74) is 3.07. The molecule has 2 heterocycles. The van der Waals surface area contributed by atoms with Crippen LogP contribution in [0.2, 0.25) is 0 Å². The van der Waals surface area contributed by atoms with Crippen molar-refractivity contribution in [3.8, 4) is 5.88 Å². The maximum atomic E-state index is 12.4. The third-order valence-corrected chi connectivity index (χ3v) is 4.01. The highest BCUT2D eigenvalue weighted by Crippen LogP contribution is 2.23. The number of fused-ring (bicyclic) bond motifs is 1. The first kappa shape index (κ1) is 15.5. The Morgan fingerprint density at radius 3 is 3.17 bits per heavy atom. The molecule has 0 radical (unpaired) electrons. The number of hydrogen-bond donors (Lipinski definition) is 2. The molecule has 2 aromatic heterocycles. The van der Waals surface area contributed by atoms with Crippen molar-refractivity contribution in [1.82, 2.24) is 20.3 Å². The highest BCUT2D eigenvalue weighted by Gasteiger charge is 2.26. The molecule has 1 unspecified atom stereocenters. The summed E-state index contributed by atoms with van der Waals surface area (Å²) in [6, 6.07) is 3.78. The summed E-state index contributed by atoms with van der Waals surface area (Å²) in [5, 5.41) is 3.01. The summed E-state index contributed by atoms with van der Waals surface area (Å²) in [4.78, 5) is 24.1. The summed E-state index contributed by atoms with van der Waals surface area (Å²) in [6.45, 7) is 4.35. The first-order valence-electron chi connectivity index (χ1n) is 8.03. The van der Waals surface area contributed by atoms with Crippen LogP contribution in [0.15, 0.2) is 24.7 Å². The standard InChI is InChI=1S/C17H22N4O2/c1-11(2)23-17-13(4-3-7-18-17)9-19-16(22)12-5-6-14-15(8-12)21-10-20-14/h3-4,7,10-12H,5-6,8-9H2,1-2H3,(H,19,22)(H,20,21). The zero-order valence-electron chi connectivity index (χ0n) is 13.5. The molecular weight excluding hydrogens is 292 g/mol. The van der Waals surface area contributed by atoms with Gasteiger partial charge in [-0.05, 0) is 32.8 Å². The van der Waals surface area contributed by atoms with Gasteiger partial charge in [0.05, 0.1) is 18.1 Å². The van der Waals surface area contributed by atoms with Gasteiger partial charge in [-0.25, -0.2) is 9.97 Å². The van der Waals surface area contributed by atoms with E-state index in [0.29, 0.717) is 12.4 Å². The van der Waals surface area contributed by atoms with Crippen molar-refractivity contribution in [2.24, 2.45) is 5.92 Å².